The standard InChI is InChI=1S/C17H27N3OS/c21-17(19-14-16-6-9-18-10-7-16)20(12-13-22)11-8-15-4-2-1-3-5-15/h6-7,9-10,15,22H,1-5,8,11-14H2,(H,19,21). The van der Waals surface area contributed by atoms with Crippen molar-refractivity contribution >= 4 is 18.7 Å². The van der Waals surface area contributed by atoms with E-state index in [-0.39, 0.29) is 6.03 Å². The van der Waals surface area contributed by atoms with Crippen LogP contribution in [-0.2, 0) is 6.54 Å². The third kappa shape index (κ3) is 5.87. The lowest BCUT2D eigenvalue weighted by molar-refractivity contribution is 0.193. The lowest BCUT2D eigenvalue weighted by Crippen LogP contribution is -2.41. The van der Waals surface area contributed by atoms with Crippen molar-refractivity contribution in [1.29, 1.82) is 0 Å². The van der Waals surface area contributed by atoms with Crippen LogP contribution in [0, 0.1) is 5.92 Å². The smallest absolute Gasteiger partial charge is 0.317 e. The second kappa shape index (κ2) is 9.72. The zero-order valence-electron chi connectivity index (χ0n) is 13.2. The number of amides is 2. The van der Waals surface area contributed by atoms with Crippen molar-refractivity contribution in [3.05, 3.63) is 30.1 Å². The molecule has 122 valence electrons. The minimum atomic E-state index is 0.0154. The first-order valence-electron chi connectivity index (χ1n) is 8.32. The van der Waals surface area contributed by atoms with E-state index in [1.807, 2.05) is 17.0 Å². The molecule has 0 aliphatic heterocycles. The van der Waals surface area contributed by atoms with Crippen molar-refractivity contribution in [2.75, 3.05) is 18.8 Å². The molecule has 0 bridgehead atoms. The Hall–Kier alpha value is -1.23. The molecule has 22 heavy (non-hydrogen) atoms. The average molecular weight is 321 g/mol. The number of thiol groups is 1. The largest absolute Gasteiger partial charge is 0.334 e. The summed E-state index contributed by atoms with van der Waals surface area (Å²) in [6, 6.07) is 3.86. The Kier molecular flexibility index (Phi) is 7.57. The fourth-order valence-electron chi connectivity index (χ4n) is 3.04. The molecule has 1 aliphatic rings. The molecule has 5 heteroatoms. The third-order valence-electron chi connectivity index (χ3n) is 4.38. The fourth-order valence-corrected chi connectivity index (χ4v) is 3.28. The summed E-state index contributed by atoms with van der Waals surface area (Å²) in [5.74, 6) is 1.50. The van der Waals surface area contributed by atoms with Crippen LogP contribution >= 0.6 is 12.6 Å². The van der Waals surface area contributed by atoms with Crippen molar-refractivity contribution < 1.29 is 4.79 Å². The van der Waals surface area contributed by atoms with Gasteiger partial charge < -0.3 is 10.2 Å². The maximum Gasteiger partial charge on any atom is 0.317 e. The number of nitrogens with one attached hydrogen (secondary N) is 1. The second-order valence-electron chi connectivity index (χ2n) is 6.02. The van der Waals surface area contributed by atoms with E-state index < -0.39 is 0 Å². The van der Waals surface area contributed by atoms with Gasteiger partial charge in [-0.1, -0.05) is 32.1 Å². The molecule has 1 aliphatic carbocycles. The van der Waals surface area contributed by atoms with Crippen molar-refractivity contribution in [3.63, 3.8) is 0 Å². The summed E-state index contributed by atoms with van der Waals surface area (Å²) >= 11 is 4.28. The molecule has 4 nitrogen and oxygen atoms in total. The SMILES string of the molecule is O=C(NCc1ccncc1)N(CCS)CCC1CCCCC1. The first-order valence-corrected chi connectivity index (χ1v) is 8.95. The number of hydrogen-bond acceptors (Lipinski definition) is 3. The van der Waals surface area contributed by atoms with Gasteiger partial charge in [0.2, 0.25) is 0 Å². The third-order valence-corrected chi connectivity index (χ3v) is 4.58. The highest BCUT2D eigenvalue weighted by Crippen LogP contribution is 2.26. The topological polar surface area (TPSA) is 45.2 Å². The number of carbonyl (C=O) groups is 1. The van der Waals surface area contributed by atoms with Crippen molar-refractivity contribution in [2.24, 2.45) is 5.92 Å². The molecule has 0 saturated heterocycles. The molecule has 2 amide bonds. The zero-order chi connectivity index (χ0) is 15.6. The first kappa shape index (κ1) is 17.1. The Morgan fingerprint density at radius 3 is 2.64 bits per heavy atom. The number of nitrogens with zero attached hydrogens (tertiary/aromatic N) is 2. The van der Waals surface area contributed by atoms with Crippen LogP contribution < -0.4 is 5.32 Å². The van der Waals surface area contributed by atoms with E-state index in [4.69, 9.17) is 0 Å². The molecule has 1 fully saturated rings. The lowest BCUT2D eigenvalue weighted by atomic mass is 9.87. The molecule has 0 radical (unpaired) electrons. The van der Waals surface area contributed by atoms with Gasteiger partial charge in [-0.15, -0.1) is 0 Å². The zero-order valence-corrected chi connectivity index (χ0v) is 14.1. The number of rotatable bonds is 7. The van der Waals surface area contributed by atoms with Crippen LogP contribution in [0.4, 0.5) is 4.79 Å². The summed E-state index contributed by atoms with van der Waals surface area (Å²) in [7, 11) is 0. The van der Waals surface area contributed by atoms with Crippen molar-refractivity contribution in [1.82, 2.24) is 15.2 Å². The van der Waals surface area contributed by atoms with Gasteiger partial charge in [-0.05, 0) is 30.0 Å². The van der Waals surface area contributed by atoms with Gasteiger partial charge in [-0.25, -0.2) is 4.79 Å². The monoisotopic (exact) mass is 321 g/mol. The highest BCUT2D eigenvalue weighted by atomic mass is 32.1. The summed E-state index contributed by atoms with van der Waals surface area (Å²) in [4.78, 5) is 18.2. The molecule has 1 heterocycles. The van der Waals surface area contributed by atoms with Crippen LogP contribution in [0.15, 0.2) is 24.5 Å². The van der Waals surface area contributed by atoms with Gasteiger partial charge in [-0.2, -0.15) is 12.6 Å². The molecule has 0 atom stereocenters. The van der Waals surface area contributed by atoms with Gasteiger partial charge in [0, 0.05) is 37.8 Å². The number of urea groups is 1. The highest BCUT2D eigenvalue weighted by molar-refractivity contribution is 7.80. The Morgan fingerprint density at radius 2 is 1.95 bits per heavy atom. The number of hydrogen-bond donors (Lipinski definition) is 2. The van der Waals surface area contributed by atoms with Crippen LogP contribution in [0.3, 0.4) is 0 Å². The van der Waals surface area contributed by atoms with Crippen LogP contribution in [0.1, 0.15) is 44.1 Å². The normalized spacial score (nSPS) is 15.5. The van der Waals surface area contributed by atoms with Crippen LogP contribution in [0.5, 0.6) is 0 Å². The molecule has 0 spiro atoms. The summed E-state index contributed by atoms with van der Waals surface area (Å²) in [5.41, 5.74) is 1.07. The fraction of sp³-hybridized carbons (Fsp3) is 0.647. The van der Waals surface area contributed by atoms with Gasteiger partial charge in [0.1, 0.15) is 0 Å². The van der Waals surface area contributed by atoms with E-state index in [1.54, 1.807) is 12.4 Å². The molecule has 1 N–H and O–H groups in total. The van der Waals surface area contributed by atoms with E-state index in [9.17, 15) is 4.79 Å². The van der Waals surface area contributed by atoms with E-state index in [0.717, 1.165) is 24.4 Å². The molecule has 0 aromatic carbocycles. The predicted octanol–water partition coefficient (Wildman–Crippen LogP) is 3.49. The van der Waals surface area contributed by atoms with Crippen molar-refractivity contribution in [3.8, 4) is 0 Å². The van der Waals surface area contributed by atoms with E-state index in [2.05, 4.69) is 22.9 Å². The molecular weight excluding hydrogens is 294 g/mol. The molecule has 0 unspecified atom stereocenters. The average Bonchev–Trinajstić information content (AvgIpc) is 2.58. The summed E-state index contributed by atoms with van der Waals surface area (Å²) in [5, 5.41) is 3.00. The van der Waals surface area contributed by atoms with E-state index in [1.165, 1.54) is 32.1 Å². The quantitative estimate of drug-likeness (QED) is 0.755. The first-order chi connectivity index (χ1) is 10.8. The lowest BCUT2D eigenvalue weighted by Gasteiger charge is -2.27. The molecule has 1 aromatic heterocycles. The molecule has 2 rings (SSSR count). The molecular formula is C17H27N3OS. The Labute approximate surface area is 139 Å². The Balaban J connectivity index is 1.77. The van der Waals surface area contributed by atoms with Gasteiger partial charge in [0.05, 0.1) is 0 Å². The van der Waals surface area contributed by atoms with E-state index in [0.29, 0.717) is 18.8 Å². The minimum absolute atomic E-state index is 0.0154. The number of carbonyl (C=O) groups excluding carboxylic acids is 1. The van der Waals surface area contributed by atoms with Gasteiger partial charge in [0.25, 0.3) is 0 Å². The maximum atomic E-state index is 12.3. The van der Waals surface area contributed by atoms with Gasteiger partial charge >= 0.3 is 6.03 Å². The van der Waals surface area contributed by atoms with Gasteiger partial charge in [-0.3, -0.25) is 4.98 Å². The Morgan fingerprint density at radius 1 is 1.23 bits per heavy atom. The van der Waals surface area contributed by atoms with Crippen molar-refractivity contribution in [2.45, 2.75) is 45.1 Å². The van der Waals surface area contributed by atoms with Crippen LogP contribution in [-0.4, -0.2) is 34.8 Å². The maximum absolute atomic E-state index is 12.3. The van der Waals surface area contributed by atoms with E-state index >= 15 is 0 Å². The van der Waals surface area contributed by atoms with Crippen LogP contribution in [0.2, 0.25) is 0 Å². The second-order valence-corrected chi connectivity index (χ2v) is 6.46. The Bertz CT molecular complexity index is 435. The minimum Gasteiger partial charge on any atom is -0.334 e. The summed E-state index contributed by atoms with van der Waals surface area (Å²) < 4.78 is 0. The molecule has 1 saturated carbocycles. The van der Waals surface area contributed by atoms with Crippen LogP contribution in [0.25, 0.3) is 0 Å². The molecule has 1 aromatic rings. The number of pyridine rings is 1. The summed E-state index contributed by atoms with van der Waals surface area (Å²) in [6.45, 7) is 2.10. The predicted molar refractivity (Wildman–Crippen MR) is 93.1 cm³/mol. The highest BCUT2D eigenvalue weighted by Gasteiger charge is 2.17. The summed E-state index contributed by atoms with van der Waals surface area (Å²) in [6.07, 6.45) is 11.4. The number of aromatic nitrogens is 1. The van der Waals surface area contributed by atoms with Gasteiger partial charge in [0.15, 0.2) is 0 Å².